The molecule has 3 rings (SSSR count). The minimum absolute atomic E-state index is 0.0491. The molecule has 0 aliphatic rings. The van der Waals surface area contributed by atoms with Crippen molar-refractivity contribution in [3.63, 3.8) is 0 Å². The first kappa shape index (κ1) is 30.7. The molecular formula is C31H39N3O5S. The van der Waals surface area contributed by atoms with Crippen LogP contribution in [0.4, 0.5) is 5.69 Å². The smallest absolute Gasteiger partial charge is 0.264 e. The predicted molar refractivity (Wildman–Crippen MR) is 158 cm³/mol. The van der Waals surface area contributed by atoms with E-state index in [1.54, 1.807) is 42.5 Å². The number of nitrogens with zero attached hydrogens (tertiary/aromatic N) is 2. The van der Waals surface area contributed by atoms with Crippen molar-refractivity contribution >= 4 is 27.5 Å². The number of anilines is 1. The van der Waals surface area contributed by atoms with E-state index in [1.165, 1.54) is 17.0 Å². The van der Waals surface area contributed by atoms with Crippen molar-refractivity contribution < 1.29 is 22.7 Å². The van der Waals surface area contributed by atoms with Gasteiger partial charge in [0.05, 0.1) is 17.2 Å². The maximum absolute atomic E-state index is 14.1. The third-order valence-electron chi connectivity index (χ3n) is 6.46. The summed E-state index contributed by atoms with van der Waals surface area (Å²) in [6.07, 6.45) is 2.12. The van der Waals surface area contributed by atoms with Crippen molar-refractivity contribution in [3.05, 3.63) is 90.5 Å². The molecule has 1 unspecified atom stereocenters. The number of hydrogen-bond donors (Lipinski definition) is 1. The number of ether oxygens (including phenoxy) is 1. The average molecular weight is 566 g/mol. The standard InChI is InChI=1S/C31H39N3O5S/c1-4-7-22-32-31(36)27(5-2)33(23-25-16-10-8-11-17-25)30(35)24-34(28-20-14-15-21-29(28)39-6-3)40(37,38)26-18-12-9-13-19-26/h8-21,27H,4-7,22-24H2,1-3H3,(H,32,36). The van der Waals surface area contributed by atoms with Gasteiger partial charge in [-0.2, -0.15) is 0 Å². The molecule has 0 spiro atoms. The number of carbonyl (C=O) groups is 2. The van der Waals surface area contributed by atoms with Crippen molar-refractivity contribution in [2.45, 2.75) is 57.5 Å². The molecular weight excluding hydrogens is 526 g/mol. The van der Waals surface area contributed by atoms with E-state index in [4.69, 9.17) is 4.74 Å². The summed E-state index contributed by atoms with van der Waals surface area (Å²) < 4.78 is 34.8. The summed E-state index contributed by atoms with van der Waals surface area (Å²) in [7, 11) is -4.16. The number of para-hydroxylation sites is 2. The van der Waals surface area contributed by atoms with Gasteiger partial charge < -0.3 is 15.0 Å². The Morgan fingerprint density at radius 3 is 2.12 bits per heavy atom. The van der Waals surface area contributed by atoms with E-state index >= 15 is 0 Å². The molecule has 40 heavy (non-hydrogen) atoms. The Morgan fingerprint density at radius 2 is 1.50 bits per heavy atom. The monoisotopic (exact) mass is 565 g/mol. The molecule has 9 heteroatoms. The van der Waals surface area contributed by atoms with E-state index in [9.17, 15) is 18.0 Å². The molecule has 3 aromatic rings. The van der Waals surface area contributed by atoms with Gasteiger partial charge in [0.15, 0.2) is 0 Å². The van der Waals surface area contributed by atoms with Crippen molar-refractivity contribution in [2.24, 2.45) is 0 Å². The topological polar surface area (TPSA) is 96.0 Å². The lowest BCUT2D eigenvalue weighted by Crippen LogP contribution is -2.52. The zero-order chi connectivity index (χ0) is 29.0. The van der Waals surface area contributed by atoms with E-state index in [1.807, 2.05) is 51.1 Å². The highest BCUT2D eigenvalue weighted by Gasteiger charge is 2.34. The Morgan fingerprint density at radius 1 is 0.875 bits per heavy atom. The van der Waals surface area contributed by atoms with Crippen LogP contribution in [0.5, 0.6) is 5.75 Å². The highest BCUT2D eigenvalue weighted by Crippen LogP contribution is 2.33. The van der Waals surface area contributed by atoms with Gasteiger partial charge in [0.2, 0.25) is 11.8 Å². The van der Waals surface area contributed by atoms with Crippen LogP contribution < -0.4 is 14.4 Å². The van der Waals surface area contributed by atoms with Gasteiger partial charge in [0.1, 0.15) is 18.3 Å². The van der Waals surface area contributed by atoms with Crippen LogP contribution in [0.2, 0.25) is 0 Å². The highest BCUT2D eigenvalue weighted by molar-refractivity contribution is 7.92. The number of nitrogens with one attached hydrogen (secondary N) is 1. The summed E-state index contributed by atoms with van der Waals surface area (Å²) in [5.74, 6) is -0.407. The first-order valence-electron chi connectivity index (χ1n) is 13.7. The molecule has 0 saturated heterocycles. The van der Waals surface area contributed by atoms with Crippen LogP contribution >= 0.6 is 0 Å². The molecule has 1 N–H and O–H groups in total. The lowest BCUT2D eigenvalue weighted by Gasteiger charge is -2.33. The number of benzene rings is 3. The summed E-state index contributed by atoms with van der Waals surface area (Å²) >= 11 is 0. The molecule has 1 atom stereocenters. The Labute approximate surface area is 238 Å². The van der Waals surface area contributed by atoms with E-state index in [2.05, 4.69) is 5.32 Å². The van der Waals surface area contributed by atoms with Gasteiger partial charge in [-0.15, -0.1) is 0 Å². The van der Waals surface area contributed by atoms with E-state index in [-0.39, 0.29) is 23.0 Å². The van der Waals surface area contributed by atoms with Crippen molar-refractivity contribution in [3.8, 4) is 5.75 Å². The fraction of sp³-hybridized carbons (Fsp3) is 0.355. The van der Waals surface area contributed by atoms with Crippen LogP contribution in [0.3, 0.4) is 0 Å². The fourth-order valence-electron chi connectivity index (χ4n) is 4.38. The number of unbranched alkanes of at least 4 members (excludes halogenated alkanes) is 1. The number of rotatable bonds is 15. The third kappa shape index (κ3) is 7.85. The number of amides is 2. The van der Waals surface area contributed by atoms with Gasteiger partial charge in [-0.1, -0.05) is 80.9 Å². The maximum Gasteiger partial charge on any atom is 0.264 e. The Balaban J connectivity index is 2.05. The second-order valence-electron chi connectivity index (χ2n) is 9.30. The summed E-state index contributed by atoms with van der Waals surface area (Å²) in [5, 5.41) is 2.94. The summed E-state index contributed by atoms with van der Waals surface area (Å²) in [6.45, 7) is 6.17. The van der Waals surface area contributed by atoms with Crippen molar-refractivity contribution in [1.29, 1.82) is 0 Å². The van der Waals surface area contributed by atoms with Gasteiger partial charge in [-0.3, -0.25) is 13.9 Å². The minimum atomic E-state index is -4.16. The van der Waals surface area contributed by atoms with Gasteiger partial charge in [-0.25, -0.2) is 8.42 Å². The Hall–Kier alpha value is -3.85. The van der Waals surface area contributed by atoms with Gasteiger partial charge >= 0.3 is 0 Å². The van der Waals surface area contributed by atoms with Crippen LogP contribution in [0.25, 0.3) is 0 Å². The van der Waals surface area contributed by atoms with Crippen molar-refractivity contribution in [1.82, 2.24) is 10.2 Å². The average Bonchev–Trinajstić information content (AvgIpc) is 2.97. The SMILES string of the molecule is CCCCNC(=O)C(CC)N(Cc1ccccc1)C(=O)CN(c1ccccc1OCC)S(=O)(=O)c1ccccc1. The molecule has 0 heterocycles. The number of hydrogen-bond acceptors (Lipinski definition) is 5. The molecule has 3 aromatic carbocycles. The lowest BCUT2D eigenvalue weighted by atomic mass is 10.1. The van der Waals surface area contributed by atoms with Crippen LogP contribution in [0.1, 0.15) is 45.6 Å². The molecule has 214 valence electrons. The second kappa shape index (κ2) is 15.1. The summed E-state index contributed by atoms with van der Waals surface area (Å²) in [4.78, 5) is 28.9. The van der Waals surface area contributed by atoms with E-state index in [0.717, 1.165) is 22.7 Å². The molecule has 0 bridgehead atoms. The minimum Gasteiger partial charge on any atom is -0.492 e. The quantitative estimate of drug-likeness (QED) is 0.262. The van der Waals surface area contributed by atoms with Crippen LogP contribution in [-0.4, -0.2) is 50.9 Å². The third-order valence-corrected chi connectivity index (χ3v) is 8.23. The summed E-state index contributed by atoms with van der Waals surface area (Å²) in [5.41, 5.74) is 1.09. The number of carbonyl (C=O) groups excluding carboxylic acids is 2. The lowest BCUT2D eigenvalue weighted by molar-refractivity contribution is -0.140. The Kier molecular flexibility index (Phi) is 11.6. The van der Waals surface area contributed by atoms with Gasteiger partial charge in [0.25, 0.3) is 10.0 Å². The normalized spacial score (nSPS) is 11.9. The predicted octanol–water partition coefficient (Wildman–Crippen LogP) is 5.00. The molecule has 0 saturated carbocycles. The molecule has 8 nitrogen and oxygen atoms in total. The molecule has 0 aliphatic carbocycles. The van der Waals surface area contributed by atoms with Crippen LogP contribution in [-0.2, 0) is 26.2 Å². The molecule has 0 radical (unpaired) electrons. The molecule has 0 fully saturated rings. The highest BCUT2D eigenvalue weighted by atomic mass is 32.2. The molecule has 2 amide bonds. The van der Waals surface area contributed by atoms with Gasteiger partial charge in [-0.05, 0) is 49.6 Å². The summed E-state index contributed by atoms with van der Waals surface area (Å²) in [6, 6.07) is 23.3. The van der Waals surface area contributed by atoms with E-state index < -0.39 is 28.5 Å². The zero-order valence-electron chi connectivity index (χ0n) is 23.5. The first-order chi connectivity index (χ1) is 19.3. The number of sulfonamides is 1. The fourth-order valence-corrected chi connectivity index (χ4v) is 5.83. The second-order valence-corrected chi connectivity index (χ2v) is 11.2. The largest absolute Gasteiger partial charge is 0.492 e. The maximum atomic E-state index is 14.1. The van der Waals surface area contributed by atoms with Gasteiger partial charge in [0, 0.05) is 13.1 Å². The molecule has 0 aliphatic heterocycles. The molecule has 0 aromatic heterocycles. The zero-order valence-corrected chi connectivity index (χ0v) is 24.3. The van der Waals surface area contributed by atoms with Crippen LogP contribution in [0, 0.1) is 0 Å². The van der Waals surface area contributed by atoms with E-state index in [0.29, 0.717) is 25.3 Å². The van der Waals surface area contributed by atoms with Crippen LogP contribution in [0.15, 0.2) is 89.8 Å². The first-order valence-corrected chi connectivity index (χ1v) is 15.2. The Bertz CT molecular complexity index is 1330. The van der Waals surface area contributed by atoms with Crippen molar-refractivity contribution in [2.75, 3.05) is 24.0 Å².